The Kier molecular flexibility index (Phi) is 2.65. The van der Waals surface area contributed by atoms with Crippen molar-refractivity contribution in [3.63, 3.8) is 0 Å². The van der Waals surface area contributed by atoms with E-state index in [4.69, 9.17) is 0 Å². The molecule has 10 heteroatoms. The number of nitrogens with one attached hydrogen (secondary N) is 1. The van der Waals surface area contributed by atoms with Crippen molar-refractivity contribution in [1.82, 2.24) is 24.8 Å². The second-order valence-electron chi connectivity index (χ2n) is 4.25. The van der Waals surface area contributed by atoms with E-state index in [0.29, 0.717) is 5.56 Å². The Morgan fingerprint density at radius 3 is 2.86 bits per heavy atom. The fourth-order valence-corrected chi connectivity index (χ4v) is 2.04. The predicted molar refractivity (Wildman–Crippen MR) is 66.3 cm³/mol. The molecule has 0 saturated carbocycles. The van der Waals surface area contributed by atoms with E-state index in [1.54, 1.807) is 0 Å². The normalized spacial score (nSPS) is 10.9. The van der Waals surface area contributed by atoms with Crippen molar-refractivity contribution in [3.8, 4) is 11.3 Å². The summed E-state index contributed by atoms with van der Waals surface area (Å²) < 4.78 is 1.24. The zero-order valence-electron chi connectivity index (χ0n) is 10.6. The molecule has 0 aliphatic heterocycles. The molecule has 3 aromatic heterocycles. The highest BCUT2D eigenvalue weighted by Gasteiger charge is 2.20. The van der Waals surface area contributed by atoms with Crippen LogP contribution in [0.2, 0.25) is 0 Å². The number of carboxylic acids is 1. The lowest BCUT2D eigenvalue weighted by atomic mass is 10.2. The molecular weight excluding hydrogens is 280 g/mol. The van der Waals surface area contributed by atoms with Gasteiger partial charge in [-0.1, -0.05) is 0 Å². The standard InChI is InChI=1S/C11H8N6O4/c1-5-8(11(18)19)10-12-2-6(4-16(10)15-5)9-7(17(20)21)3-13-14-9/h2-4H,1H3,(H,13,14)(H,18,19)/p-1. The van der Waals surface area contributed by atoms with Crippen LogP contribution in [0, 0.1) is 17.0 Å². The quantitative estimate of drug-likeness (QED) is 0.514. The molecule has 0 aromatic carbocycles. The lowest BCUT2D eigenvalue weighted by Crippen LogP contribution is -2.23. The Balaban J connectivity index is 2.21. The van der Waals surface area contributed by atoms with Crippen LogP contribution in [0.3, 0.4) is 0 Å². The fraction of sp³-hybridized carbons (Fsp3) is 0.0909. The fourth-order valence-electron chi connectivity index (χ4n) is 2.04. The summed E-state index contributed by atoms with van der Waals surface area (Å²) in [6.45, 7) is 1.51. The Labute approximate surface area is 116 Å². The summed E-state index contributed by atoms with van der Waals surface area (Å²) in [6.07, 6.45) is 3.83. The van der Waals surface area contributed by atoms with Crippen LogP contribution in [-0.4, -0.2) is 35.7 Å². The summed E-state index contributed by atoms with van der Waals surface area (Å²) >= 11 is 0. The van der Waals surface area contributed by atoms with E-state index in [1.807, 2.05) is 0 Å². The van der Waals surface area contributed by atoms with Gasteiger partial charge in [0.2, 0.25) is 0 Å². The van der Waals surface area contributed by atoms with Crippen LogP contribution in [0.25, 0.3) is 16.9 Å². The maximum absolute atomic E-state index is 11.0. The van der Waals surface area contributed by atoms with Gasteiger partial charge in [0, 0.05) is 18.0 Å². The molecule has 0 aliphatic carbocycles. The van der Waals surface area contributed by atoms with Crippen LogP contribution in [0.4, 0.5) is 5.69 Å². The third kappa shape index (κ3) is 1.89. The minimum atomic E-state index is -1.38. The highest BCUT2D eigenvalue weighted by molar-refractivity contribution is 5.94. The zero-order valence-corrected chi connectivity index (χ0v) is 10.6. The molecule has 3 rings (SSSR count). The minimum Gasteiger partial charge on any atom is -0.545 e. The molecule has 0 radical (unpaired) electrons. The monoisotopic (exact) mass is 287 g/mol. The minimum absolute atomic E-state index is 0.110. The second-order valence-corrected chi connectivity index (χ2v) is 4.25. The number of nitrogens with zero attached hydrogens (tertiary/aromatic N) is 5. The first-order valence-electron chi connectivity index (χ1n) is 5.73. The van der Waals surface area contributed by atoms with Crippen LogP contribution in [0.1, 0.15) is 16.1 Å². The average Bonchev–Trinajstić information content (AvgIpc) is 2.99. The smallest absolute Gasteiger partial charge is 0.314 e. The number of carbonyl (C=O) groups excluding carboxylic acids is 1. The molecule has 3 aromatic rings. The summed E-state index contributed by atoms with van der Waals surface area (Å²) in [4.78, 5) is 25.3. The summed E-state index contributed by atoms with van der Waals surface area (Å²) in [6, 6.07) is 0. The number of H-pyrrole nitrogens is 1. The molecule has 1 N–H and O–H groups in total. The Hall–Kier alpha value is -3.30. The van der Waals surface area contributed by atoms with Gasteiger partial charge in [-0.3, -0.25) is 15.2 Å². The number of aromatic nitrogens is 5. The predicted octanol–water partition coefficient (Wildman–Crippen LogP) is -0.300. The highest BCUT2D eigenvalue weighted by Crippen LogP contribution is 2.27. The molecule has 0 aliphatic rings. The third-order valence-electron chi connectivity index (χ3n) is 2.96. The number of hydrogen-bond donors (Lipinski definition) is 1. The van der Waals surface area contributed by atoms with Crippen molar-refractivity contribution in [2.24, 2.45) is 0 Å². The SMILES string of the molecule is Cc1nn2cc(-c3[nH]ncc3[N+](=O)[O-])cnc2c1C(=O)[O-]. The van der Waals surface area contributed by atoms with E-state index in [2.05, 4.69) is 20.3 Å². The van der Waals surface area contributed by atoms with Gasteiger partial charge in [0.05, 0.1) is 22.1 Å². The molecule has 0 saturated heterocycles. The average molecular weight is 287 g/mol. The van der Waals surface area contributed by atoms with E-state index in [-0.39, 0.29) is 28.3 Å². The van der Waals surface area contributed by atoms with Gasteiger partial charge in [0.25, 0.3) is 0 Å². The van der Waals surface area contributed by atoms with Gasteiger partial charge in [0.1, 0.15) is 11.9 Å². The van der Waals surface area contributed by atoms with E-state index in [1.165, 1.54) is 23.8 Å². The van der Waals surface area contributed by atoms with E-state index in [0.717, 1.165) is 6.20 Å². The first-order valence-corrected chi connectivity index (χ1v) is 5.73. The number of nitro groups is 1. The van der Waals surface area contributed by atoms with Crippen molar-refractivity contribution in [3.05, 3.63) is 40.0 Å². The zero-order chi connectivity index (χ0) is 15.1. The van der Waals surface area contributed by atoms with Crippen LogP contribution < -0.4 is 5.11 Å². The summed E-state index contributed by atoms with van der Waals surface area (Å²) in [5, 5.41) is 32.1. The molecule has 3 heterocycles. The van der Waals surface area contributed by atoms with Crippen LogP contribution in [0.15, 0.2) is 18.6 Å². The molecule has 10 nitrogen and oxygen atoms in total. The van der Waals surface area contributed by atoms with Crippen LogP contribution in [-0.2, 0) is 0 Å². The van der Waals surface area contributed by atoms with Crippen LogP contribution in [0.5, 0.6) is 0 Å². The van der Waals surface area contributed by atoms with Crippen LogP contribution >= 0.6 is 0 Å². The highest BCUT2D eigenvalue weighted by atomic mass is 16.6. The first kappa shape index (κ1) is 12.7. The summed E-state index contributed by atoms with van der Waals surface area (Å²) in [5.41, 5.74) is 0.564. The topological polar surface area (TPSA) is 142 Å². The summed E-state index contributed by atoms with van der Waals surface area (Å²) in [7, 11) is 0. The second kappa shape index (κ2) is 4.37. The number of aromatic amines is 1. The molecule has 0 unspecified atom stereocenters. The lowest BCUT2D eigenvalue weighted by molar-refractivity contribution is -0.384. The van der Waals surface area contributed by atoms with Crippen molar-refractivity contribution < 1.29 is 14.8 Å². The third-order valence-corrected chi connectivity index (χ3v) is 2.96. The number of aromatic carboxylic acids is 1. The maximum Gasteiger partial charge on any atom is 0.314 e. The molecule has 0 bridgehead atoms. The van der Waals surface area contributed by atoms with E-state index in [9.17, 15) is 20.0 Å². The molecular formula is C11H7N6O4-. The van der Waals surface area contributed by atoms with Crippen molar-refractivity contribution in [2.75, 3.05) is 0 Å². The lowest BCUT2D eigenvalue weighted by Gasteiger charge is -2.01. The van der Waals surface area contributed by atoms with Gasteiger partial charge in [-0.2, -0.15) is 10.2 Å². The number of carbonyl (C=O) groups is 1. The molecule has 0 amide bonds. The van der Waals surface area contributed by atoms with Gasteiger partial charge in [-0.05, 0) is 6.92 Å². The summed E-state index contributed by atoms with van der Waals surface area (Å²) in [5.74, 6) is -1.38. The number of carboxylic acid groups (broad SMARTS) is 1. The Morgan fingerprint density at radius 2 is 2.19 bits per heavy atom. The molecule has 0 atom stereocenters. The van der Waals surface area contributed by atoms with Gasteiger partial charge in [-0.15, -0.1) is 0 Å². The molecule has 21 heavy (non-hydrogen) atoms. The van der Waals surface area contributed by atoms with Gasteiger partial charge >= 0.3 is 5.69 Å². The number of fused-ring (bicyclic) bond motifs is 1. The molecule has 0 spiro atoms. The molecule has 0 fully saturated rings. The Morgan fingerprint density at radius 1 is 1.43 bits per heavy atom. The van der Waals surface area contributed by atoms with Gasteiger partial charge < -0.3 is 9.90 Å². The van der Waals surface area contributed by atoms with Crippen molar-refractivity contribution >= 4 is 17.3 Å². The Bertz CT molecular complexity index is 880. The van der Waals surface area contributed by atoms with Gasteiger partial charge in [0.15, 0.2) is 5.65 Å². The van der Waals surface area contributed by atoms with Crippen molar-refractivity contribution in [2.45, 2.75) is 6.92 Å². The number of hydrogen-bond acceptors (Lipinski definition) is 7. The van der Waals surface area contributed by atoms with Gasteiger partial charge in [-0.25, -0.2) is 9.50 Å². The largest absolute Gasteiger partial charge is 0.545 e. The van der Waals surface area contributed by atoms with E-state index < -0.39 is 10.9 Å². The molecule has 106 valence electrons. The number of rotatable bonds is 3. The first-order chi connectivity index (χ1) is 9.99. The van der Waals surface area contributed by atoms with Crippen molar-refractivity contribution in [1.29, 1.82) is 0 Å². The maximum atomic E-state index is 11.0. The van der Waals surface area contributed by atoms with E-state index >= 15 is 0 Å². The number of aryl methyl sites for hydroxylation is 1.